The van der Waals surface area contributed by atoms with Crippen LogP contribution >= 0.6 is 0 Å². The lowest BCUT2D eigenvalue weighted by Crippen LogP contribution is -2.39. The van der Waals surface area contributed by atoms with E-state index >= 15 is 0 Å². The van der Waals surface area contributed by atoms with Crippen LogP contribution in [0.4, 0.5) is 19.1 Å². The maximum absolute atomic E-state index is 13.1. The van der Waals surface area contributed by atoms with E-state index in [2.05, 4.69) is 15.8 Å². The Kier molecular flexibility index (Phi) is 5.28. The Labute approximate surface area is 137 Å². The standard InChI is InChI=1S/C16H18F3N3O2/c1-9-8-14(24-22-9)21-15(23)11(3)20-10(2)12-6-4-5-7-13(12)16(17,18)19/h4-8,10-11,20H,1-3H3,(H,21,23)/t10-,11+/m1/s1. The second kappa shape index (κ2) is 7.04. The zero-order valence-corrected chi connectivity index (χ0v) is 13.4. The van der Waals surface area contributed by atoms with E-state index < -0.39 is 29.7 Å². The highest BCUT2D eigenvalue weighted by molar-refractivity contribution is 5.93. The lowest BCUT2D eigenvalue weighted by Gasteiger charge is -2.22. The third-order valence-electron chi connectivity index (χ3n) is 3.50. The van der Waals surface area contributed by atoms with Crippen molar-refractivity contribution in [2.75, 3.05) is 5.32 Å². The number of carbonyl (C=O) groups is 1. The molecule has 0 spiro atoms. The van der Waals surface area contributed by atoms with Crippen molar-refractivity contribution in [3.63, 3.8) is 0 Å². The fraction of sp³-hybridized carbons (Fsp3) is 0.375. The van der Waals surface area contributed by atoms with Crippen LogP contribution in [0.15, 0.2) is 34.9 Å². The average molecular weight is 341 g/mol. The molecule has 2 atom stereocenters. The third kappa shape index (κ3) is 4.35. The molecule has 1 amide bonds. The molecular weight excluding hydrogens is 323 g/mol. The minimum absolute atomic E-state index is 0.0835. The molecule has 0 unspecified atom stereocenters. The zero-order valence-electron chi connectivity index (χ0n) is 13.4. The Hall–Kier alpha value is -2.35. The van der Waals surface area contributed by atoms with Crippen LogP contribution < -0.4 is 10.6 Å². The Morgan fingerprint density at radius 2 is 1.92 bits per heavy atom. The molecule has 1 heterocycles. The quantitative estimate of drug-likeness (QED) is 0.871. The molecule has 2 aromatic rings. The van der Waals surface area contributed by atoms with Crippen molar-refractivity contribution in [3.05, 3.63) is 47.2 Å². The predicted molar refractivity (Wildman–Crippen MR) is 82.3 cm³/mol. The summed E-state index contributed by atoms with van der Waals surface area (Å²) in [5.74, 6) is -0.239. The van der Waals surface area contributed by atoms with Crippen LogP contribution in [-0.2, 0) is 11.0 Å². The second-order valence-electron chi connectivity index (χ2n) is 5.52. The van der Waals surface area contributed by atoms with E-state index in [0.717, 1.165) is 6.07 Å². The molecule has 0 aliphatic heterocycles. The number of aromatic nitrogens is 1. The van der Waals surface area contributed by atoms with E-state index in [-0.39, 0.29) is 11.4 Å². The van der Waals surface area contributed by atoms with Crippen molar-refractivity contribution >= 4 is 11.8 Å². The van der Waals surface area contributed by atoms with Gasteiger partial charge in [-0.15, -0.1) is 0 Å². The first-order valence-corrected chi connectivity index (χ1v) is 7.35. The largest absolute Gasteiger partial charge is 0.416 e. The highest BCUT2D eigenvalue weighted by Gasteiger charge is 2.34. The normalized spacial score (nSPS) is 14.2. The molecule has 1 aromatic heterocycles. The van der Waals surface area contributed by atoms with Gasteiger partial charge in [0.25, 0.3) is 0 Å². The van der Waals surface area contributed by atoms with Crippen LogP contribution in [0.2, 0.25) is 0 Å². The number of halogens is 3. The lowest BCUT2D eigenvalue weighted by molar-refractivity contribution is -0.138. The summed E-state index contributed by atoms with van der Waals surface area (Å²) in [5.41, 5.74) is -0.0259. The SMILES string of the molecule is Cc1cc(NC(=O)[C@H](C)N[C@H](C)c2ccccc2C(F)(F)F)on1. The molecule has 2 N–H and O–H groups in total. The molecule has 0 fully saturated rings. The van der Waals surface area contributed by atoms with E-state index in [1.54, 1.807) is 26.8 Å². The zero-order chi connectivity index (χ0) is 17.9. The molecule has 0 saturated heterocycles. The number of nitrogens with zero attached hydrogens (tertiary/aromatic N) is 1. The van der Waals surface area contributed by atoms with Gasteiger partial charge in [-0.1, -0.05) is 23.4 Å². The summed E-state index contributed by atoms with van der Waals surface area (Å²) in [7, 11) is 0. The molecule has 0 bridgehead atoms. The van der Waals surface area contributed by atoms with Gasteiger partial charge in [0.2, 0.25) is 11.8 Å². The van der Waals surface area contributed by atoms with Crippen LogP contribution in [0.25, 0.3) is 0 Å². The average Bonchev–Trinajstić information content (AvgIpc) is 2.91. The predicted octanol–water partition coefficient (Wildman–Crippen LogP) is 3.68. The molecule has 0 radical (unpaired) electrons. The van der Waals surface area contributed by atoms with Crippen molar-refractivity contribution in [2.45, 2.75) is 39.0 Å². The molecule has 0 saturated carbocycles. The number of anilines is 1. The van der Waals surface area contributed by atoms with Gasteiger partial charge in [-0.3, -0.25) is 15.4 Å². The van der Waals surface area contributed by atoms with E-state index in [4.69, 9.17) is 4.52 Å². The molecule has 130 valence electrons. The van der Waals surface area contributed by atoms with Gasteiger partial charge >= 0.3 is 6.18 Å². The first kappa shape index (κ1) is 18.0. The fourth-order valence-electron chi connectivity index (χ4n) is 2.33. The number of carbonyl (C=O) groups excluding carboxylic acids is 1. The highest BCUT2D eigenvalue weighted by Crippen LogP contribution is 2.34. The van der Waals surface area contributed by atoms with Gasteiger partial charge in [-0.25, -0.2) is 0 Å². The number of aryl methyl sites for hydroxylation is 1. The van der Waals surface area contributed by atoms with Gasteiger partial charge < -0.3 is 4.52 Å². The van der Waals surface area contributed by atoms with E-state index in [1.165, 1.54) is 18.2 Å². The number of benzene rings is 1. The fourth-order valence-corrected chi connectivity index (χ4v) is 2.33. The Bertz CT molecular complexity index is 713. The van der Waals surface area contributed by atoms with Gasteiger partial charge in [0.05, 0.1) is 17.3 Å². The molecule has 0 aliphatic rings. The maximum Gasteiger partial charge on any atom is 0.416 e. The van der Waals surface area contributed by atoms with Gasteiger partial charge in [0, 0.05) is 12.1 Å². The van der Waals surface area contributed by atoms with Crippen molar-refractivity contribution in [3.8, 4) is 0 Å². The number of hydrogen-bond donors (Lipinski definition) is 2. The van der Waals surface area contributed by atoms with Crippen LogP contribution in [-0.4, -0.2) is 17.1 Å². The number of amides is 1. The number of alkyl halides is 3. The molecule has 0 aliphatic carbocycles. The lowest BCUT2D eigenvalue weighted by atomic mass is 10.0. The molecule has 8 heteroatoms. The number of rotatable bonds is 5. The third-order valence-corrected chi connectivity index (χ3v) is 3.50. The van der Waals surface area contributed by atoms with Crippen LogP contribution in [0, 0.1) is 6.92 Å². The first-order valence-electron chi connectivity index (χ1n) is 7.35. The van der Waals surface area contributed by atoms with Crippen molar-refractivity contribution in [1.29, 1.82) is 0 Å². The summed E-state index contributed by atoms with van der Waals surface area (Å²) >= 11 is 0. The van der Waals surface area contributed by atoms with Crippen LogP contribution in [0.1, 0.15) is 36.7 Å². The Balaban J connectivity index is 2.06. The van der Waals surface area contributed by atoms with E-state index in [1.807, 2.05) is 0 Å². The summed E-state index contributed by atoms with van der Waals surface area (Å²) in [4.78, 5) is 12.1. The molecule has 2 rings (SSSR count). The van der Waals surface area contributed by atoms with E-state index in [9.17, 15) is 18.0 Å². The number of hydrogen-bond acceptors (Lipinski definition) is 4. The minimum atomic E-state index is -4.45. The molecule has 5 nitrogen and oxygen atoms in total. The van der Waals surface area contributed by atoms with Gasteiger partial charge in [-0.05, 0) is 32.4 Å². The monoisotopic (exact) mass is 341 g/mol. The molecular formula is C16H18F3N3O2. The van der Waals surface area contributed by atoms with Crippen molar-refractivity contribution < 1.29 is 22.5 Å². The summed E-state index contributed by atoms with van der Waals surface area (Å²) in [6.07, 6.45) is -4.45. The summed E-state index contributed by atoms with van der Waals surface area (Å²) in [5, 5.41) is 9.01. The highest BCUT2D eigenvalue weighted by atomic mass is 19.4. The smallest absolute Gasteiger partial charge is 0.338 e. The van der Waals surface area contributed by atoms with Gasteiger partial charge in [-0.2, -0.15) is 13.2 Å². The summed E-state index contributed by atoms with van der Waals surface area (Å²) < 4.78 is 44.1. The van der Waals surface area contributed by atoms with Crippen molar-refractivity contribution in [1.82, 2.24) is 10.5 Å². The first-order chi connectivity index (χ1) is 11.2. The van der Waals surface area contributed by atoms with Gasteiger partial charge in [0.1, 0.15) is 0 Å². The minimum Gasteiger partial charge on any atom is -0.338 e. The van der Waals surface area contributed by atoms with Crippen LogP contribution in [0.5, 0.6) is 0 Å². The second-order valence-corrected chi connectivity index (χ2v) is 5.52. The summed E-state index contributed by atoms with van der Waals surface area (Å²) in [6.45, 7) is 4.84. The van der Waals surface area contributed by atoms with Crippen LogP contribution in [0.3, 0.4) is 0 Å². The molecule has 24 heavy (non-hydrogen) atoms. The Morgan fingerprint density at radius 1 is 1.25 bits per heavy atom. The Morgan fingerprint density at radius 3 is 2.50 bits per heavy atom. The topological polar surface area (TPSA) is 67.2 Å². The van der Waals surface area contributed by atoms with Crippen molar-refractivity contribution in [2.24, 2.45) is 0 Å². The maximum atomic E-state index is 13.1. The number of nitrogens with one attached hydrogen (secondary N) is 2. The molecule has 1 aromatic carbocycles. The summed E-state index contributed by atoms with van der Waals surface area (Å²) in [6, 6.07) is 5.44. The van der Waals surface area contributed by atoms with E-state index in [0.29, 0.717) is 5.69 Å². The van der Waals surface area contributed by atoms with Gasteiger partial charge in [0.15, 0.2) is 0 Å².